The molecule has 0 saturated heterocycles. The molecule has 0 atom stereocenters. The molecule has 0 bridgehead atoms. The van der Waals surface area contributed by atoms with Gasteiger partial charge in [-0.15, -0.1) is 0 Å². The van der Waals surface area contributed by atoms with E-state index in [1.54, 1.807) is 0 Å². The van der Waals surface area contributed by atoms with Crippen LogP contribution in [-0.4, -0.2) is 24.1 Å². The number of hydrogen-bond acceptors (Lipinski definition) is 2. The molecule has 3 nitrogen and oxygen atoms in total. The maximum atomic E-state index is 12.8. The van der Waals surface area contributed by atoms with E-state index in [-0.39, 0.29) is 10.8 Å². The molecule has 0 N–H and O–H groups in total. The molecule has 1 amide bonds. The first-order valence-corrected chi connectivity index (χ1v) is 5.38. The quantitative estimate of drug-likeness (QED) is 0.818. The third kappa shape index (κ3) is 3.10. The van der Waals surface area contributed by atoms with Crippen LogP contribution in [0.1, 0.15) is 13.8 Å². The van der Waals surface area contributed by atoms with Crippen LogP contribution in [0.4, 0.5) is 9.18 Å². The molecular formula is C11H13ClFNO2. The molecule has 0 heterocycles. The number of halogens is 2. The fourth-order valence-electron chi connectivity index (χ4n) is 1.19. The molecule has 0 aliphatic rings. The molecule has 0 aromatic heterocycles. The van der Waals surface area contributed by atoms with Crippen LogP contribution in [0.25, 0.3) is 0 Å². The summed E-state index contributed by atoms with van der Waals surface area (Å²) in [6.07, 6.45) is -0.465. The van der Waals surface area contributed by atoms with Crippen molar-refractivity contribution >= 4 is 17.7 Å². The van der Waals surface area contributed by atoms with Gasteiger partial charge in [0.05, 0.1) is 5.02 Å². The zero-order valence-corrected chi connectivity index (χ0v) is 9.92. The molecule has 0 unspecified atom stereocenters. The fourth-order valence-corrected chi connectivity index (χ4v) is 1.36. The van der Waals surface area contributed by atoms with Crippen molar-refractivity contribution in [1.82, 2.24) is 4.90 Å². The maximum absolute atomic E-state index is 12.8. The van der Waals surface area contributed by atoms with Crippen LogP contribution in [0.15, 0.2) is 18.2 Å². The molecule has 5 heteroatoms. The predicted molar refractivity (Wildman–Crippen MR) is 60.4 cm³/mol. The second kappa shape index (κ2) is 5.70. The van der Waals surface area contributed by atoms with E-state index in [1.165, 1.54) is 17.0 Å². The van der Waals surface area contributed by atoms with Crippen molar-refractivity contribution in [2.75, 3.05) is 13.1 Å². The highest BCUT2D eigenvalue weighted by atomic mass is 35.5. The normalized spacial score (nSPS) is 10.0. The molecule has 0 aliphatic carbocycles. The Balaban J connectivity index is 2.73. The first kappa shape index (κ1) is 12.8. The summed E-state index contributed by atoms with van der Waals surface area (Å²) in [7, 11) is 0. The molecular weight excluding hydrogens is 233 g/mol. The summed E-state index contributed by atoms with van der Waals surface area (Å²) < 4.78 is 17.9. The van der Waals surface area contributed by atoms with E-state index in [0.29, 0.717) is 13.1 Å². The van der Waals surface area contributed by atoms with E-state index < -0.39 is 11.9 Å². The van der Waals surface area contributed by atoms with Crippen LogP contribution in [0.5, 0.6) is 5.75 Å². The summed E-state index contributed by atoms with van der Waals surface area (Å²) in [4.78, 5) is 13.0. The van der Waals surface area contributed by atoms with Crippen LogP contribution in [0.2, 0.25) is 5.02 Å². The summed E-state index contributed by atoms with van der Waals surface area (Å²) in [5.74, 6) is -0.299. The molecule has 1 rings (SSSR count). The van der Waals surface area contributed by atoms with Crippen molar-refractivity contribution in [3.63, 3.8) is 0 Å². The highest BCUT2D eigenvalue weighted by molar-refractivity contribution is 6.30. The standard InChI is InChI=1S/C11H13ClFNO2/c1-3-14(4-2)11(15)16-8-5-6-10(13)9(12)7-8/h5-7H,3-4H2,1-2H3. The van der Waals surface area contributed by atoms with Crippen molar-refractivity contribution in [2.45, 2.75) is 13.8 Å². The van der Waals surface area contributed by atoms with Crippen LogP contribution < -0.4 is 4.74 Å². The molecule has 16 heavy (non-hydrogen) atoms. The number of hydrogen-bond donors (Lipinski definition) is 0. The lowest BCUT2D eigenvalue weighted by atomic mass is 10.3. The minimum absolute atomic E-state index is 0.0650. The number of carbonyl (C=O) groups excluding carboxylic acids is 1. The van der Waals surface area contributed by atoms with Gasteiger partial charge in [-0.3, -0.25) is 0 Å². The summed E-state index contributed by atoms with van der Waals surface area (Å²) in [6, 6.07) is 3.80. The first-order chi connectivity index (χ1) is 7.58. The highest BCUT2D eigenvalue weighted by Crippen LogP contribution is 2.21. The van der Waals surface area contributed by atoms with E-state index in [9.17, 15) is 9.18 Å². The number of ether oxygens (including phenoxy) is 1. The number of nitrogens with zero attached hydrogens (tertiary/aromatic N) is 1. The van der Waals surface area contributed by atoms with Gasteiger partial charge < -0.3 is 9.64 Å². The molecule has 88 valence electrons. The fraction of sp³-hybridized carbons (Fsp3) is 0.364. The summed E-state index contributed by atoms with van der Waals surface area (Å²) >= 11 is 5.56. The lowest BCUT2D eigenvalue weighted by molar-refractivity contribution is 0.157. The van der Waals surface area contributed by atoms with Crippen molar-refractivity contribution in [1.29, 1.82) is 0 Å². The van der Waals surface area contributed by atoms with Crippen molar-refractivity contribution in [2.24, 2.45) is 0 Å². The van der Waals surface area contributed by atoms with E-state index in [4.69, 9.17) is 16.3 Å². The SMILES string of the molecule is CCN(CC)C(=O)Oc1ccc(F)c(Cl)c1. The minimum Gasteiger partial charge on any atom is -0.410 e. The minimum atomic E-state index is -0.538. The van der Waals surface area contributed by atoms with Crippen LogP contribution in [-0.2, 0) is 0 Å². The molecule has 1 aromatic rings. The Hall–Kier alpha value is -1.29. The smallest absolute Gasteiger partial charge is 0.410 e. The van der Waals surface area contributed by atoms with Crippen LogP contribution in [0, 0.1) is 5.82 Å². The van der Waals surface area contributed by atoms with Gasteiger partial charge >= 0.3 is 6.09 Å². The Morgan fingerprint density at radius 1 is 1.44 bits per heavy atom. The van der Waals surface area contributed by atoms with E-state index >= 15 is 0 Å². The van der Waals surface area contributed by atoms with Gasteiger partial charge in [0.1, 0.15) is 11.6 Å². The van der Waals surface area contributed by atoms with Gasteiger partial charge in [-0.25, -0.2) is 9.18 Å². The Labute approximate surface area is 98.8 Å². The second-order valence-corrected chi connectivity index (χ2v) is 3.52. The molecule has 0 aliphatic heterocycles. The molecule has 1 aromatic carbocycles. The average Bonchev–Trinajstić information content (AvgIpc) is 2.25. The third-order valence-electron chi connectivity index (χ3n) is 2.12. The van der Waals surface area contributed by atoms with Crippen LogP contribution >= 0.6 is 11.6 Å². The van der Waals surface area contributed by atoms with Gasteiger partial charge in [0.25, 0.3) is 0 Å². The van der Waals surface area contributed by atoms with Gasteiger partial charge in [0.2, 0.25) is 0 Å². The van der Waals surface area contributed by atoms with E-state index in [1.807, 2.05) is 13.8 Å². The number of rotatable bonds is 3. The Kier molecular flexibility index (Phi) is 4.55. The summed E-state index contributed by atoms with van der Waals surface area (Å²) in [5, 5.41) is -0.0650. The van der Waals surface area contributed by atoms with Crippen molar-refractivity contribution < 1.29 is 13.9 Å². The maximum Gasteiger partial charge on any atom is 0.415 e. The molecule has 0 spiro atoms. The number of benzene rings is 1. The first-order valence-electron chi connectivity index (χ1n) is 5.00. The molecule has 0 saturated carbocycles. The molecule has 0 fully saturated rings. The lowest BCUT2D eigenvalue weighted by Gasteiger charge is -2.17. The van der Waals surface area contributed by atoms with Gasteiger partial charge in [-0.05, 0) is 26.0 Å². The highest BCUT2D eigenvalue weighted by Gasteiger charge is 2.12. The number of carbonyl (C=O) groups is 1. The largest absolute Gasteiger partial charge is 0.415 e. The summed E-state index contributed by atoms with van der Waals surface area (Å²) in [5.41, 5.74) is 0. The molecule has 0 radical (unpaired) electrons. The zero-order chi connectivity index (χ0) is 12.1. The number of amides is 1. The van der Waals surface area contributed by atoms with Gasteiger partial charge in [-0.2, -0.15) is 0 Å². The van der Waals surface area contributed by atoms with E-state index in [2.05, 4.69) is 0 Å². The third-order valence-corrected chi connectivity index (χ3v) is 2.41. The van der Waals surface area contributed by atoms with E-state index in [0.717, 1.165) is 6.07 Å². The van der Waals surface area contributed by atoms with Gasteiger partial charge in [0, 0.05) is 19.2 Å². The topological polar surface area (TPSA) is 29.5 Å². The summed E-state index contributed by atoms with van der Waals surface area (Å²) in [6.45, 7) is 4.82. The Bertz CT molecular complexity index is 380. The average molecular weight is 246 g/mol. The van der Waals surface area contributed by atoms with Gasteiger partial charge in [0.15, 0.2) is 0 Å². The van der Waals surface area contributed by atoms with Crippen LogP contribution in [0.3, 0.4) is 0 Å². The lowest BCUT2D eigenvalue weighted by Crippen LogP contribution is -2.33. The van der Waals surface area contributed by atoms with Gasteiger partial charge in [-0.1, -0.05) is 11.6 Å². The van der Waals surface area contributed by atoms with Crippen molar-refractivity contribution in [3.05, 3.63) is 29.0 Å². The Morgan fingerprint density at radius 2 is 2.06 bits per heavy atom. The zero-order valence-electron chi connectivity index (χ0n) is 9.17. The van der Waals surface area contributed by atoms with Crippen molar-refractivity contribution in [3.8, 4) is 5.75 Å². The predicted octanol–water partition coefficient (Wildman–Crippen LogP) is 3.32. The Morgan fingerprint density at radius 3 is 2.56 bits per heavy atom. The second-order valence-electron chi connectivity index (χ2n) is 3.12. The monoisotopic (exact) mass is 245 g/mol.